The van der Waals surface area contributed by atoms with Crippen LogP contribution in [0.25, 0.3) is 28.0 Å². The molecule has 1 amide bonds. The molecule has 2 aromatic carbocycles. The van der Waals surface area contributed by atoms with Crippen molar-refractivity contribution in [1.82, 2.24) is 24.2 Å². The number of fused-ring (bicyclic) bond motifs is 5. The summed E-state index contributed by atoms with van der Waals surface area (Å²) in [4.78, 5) is 20.0. The Labute approximate surface area is 174 Å². The van der Waals surface area contributed by atoms with Crippen molar-refractivity contribution in [1.29, 1.82) is 0 Å². The molecule has 1 aliphatic heterocycles. The van der Waals surface area contributed by atoms with E-state index in [2.05, 4.69) is 28.6 Å². The zero-order valence-electron chi connectivity index (χ0n) is 17.1. The topological polar surface area (TPSA) is 56.0 Å². The molecule has 0 N–H and O–H groups in total. The summed E-state index contributed by atoms with van der Waals surface area (Å²) < 4.78 is 3.85. The van der Waals surface area contributed by atoms with Gasteiger partial charge in [-0.3, -0.25) is 14.0 Å². The third-order valence-corrected chi connectivity index (χ3v) is 5.81. The fourth-order valence-corrected chi connectivity index (χ4v) is 4.32. The Balaban J connectivity index is 1.89. The van der Waals surface area contributed by atoms with Gasteiger partial charge in [0.15, 0.2) is 0 Å². The third-order valence-electron chi connectivity index (χ3n) is 5.81. The van der Waals surface area contributed by atoms with Gasteiger partial charge >= 0.3 is 0 Å². The van der Waals surface area contributed by atoms with Crippen LogP contribution < -0.4 is 0 Å². The van der Waals surface area contributed by atoms with E-state index in [4.69, 9.17) is 11.4 Å². The molecule has 30 heavy (non-hydrogen) atoms. The number of benzene rings is 2. The first-order chi connectivity index (χ1) is 14.5. The van der Waals surface area contributed by atoms with Crippen molar-refractivity contribution in [3.8, 4) is 29.3 Å². The van der Waals surface area contributed by atoms with Gasteiger partial charge in [-0.1, -0.05) is 25.0 Å². The normalized spacial score (nSPS) is 15.6. The minimum atomic E-state index is -0.152. The zero-order chi connectivity index (χ0) is 21.0. The van der Waals surface area contributed by atoms with E-state index in [0.717, 1.165) is 40.2 Å². The highest BCUT2D eigenvalue weighted by atomic mass is 16.2. The van der Waals surface area contributed by atoms with Gasteiger partial charge in [0.2, 0.25) is 0 Å². The number of aryl methyl sites for hydroxylation is 1. The Morgan fingerprint density at radius 2 is 2.00 bits per heavy atom. The molecule has 2 aromatic heterocycles. The molecule has 0 spiro atoms. The van der Waals surface area contributed by atoms with Crippen molar-refractivity contribution in [3.05, 3.63) is 65.6 Å². The van der Waals surface area contributed by atoms with Crippen LogP contribution in [0.3, 0.4) is 0 Å². The largest absolute Gasteiger partial charge is 0.331 e. The van der Waals surface area contributed by atoms with Crippen molar-refractivity contribution >= 4 is 16.9 Å². The van der Waals surface area contributed by atoms with E-state index in [1.165, 1.54) is 0 Å². The number of hydrogen-bond acceptors (Lipinski definition) is 3. The molecule has 148 valence electrons. The lowest BCUT2D eigenvalue weighted by Gasteiger charge is -2.24. The summed E-state index contributed by atoms with van der Waals surface area (Å²) in [6.45, 7) is 2.07. The van der Waals surface area contributed by atoms with Gasteiger partial charge in [0.05, 0.1) is 34.0 Å². The molecule has 6 heteroatoms. The summed E-state index contributed by atoms with van der Waals surface area (Å²) in [6, 6.07) is 13.5. The lowest BCUT2D eigenvalue weighted by atomic mass is 10.1. The molecular formula is C24H21N5O. The van der Waals surface area contributed by atoms with Crippen LogP contribution in [-0.4, -0.2) is 37.2 Å². The van der Waals surface area contributed by atoms with E-state index in [-0.39, 0.29) is 11.9 Å². The number of imidazole rings is 1. The molecule has 1 atom stereocenters. The second kappa shape index (κ2) is 6.60. The zero-order valence-corrected chi connectivity index (χ0v) is 17.1. The average molecular weight is 395 g/mol. The maximum atomic E-state index is 13.3. The lowest BCUT2D eigenvalue weighted by molar-refractivity contribution is 0.0726. The highest BCUT2D eigenvalue weighted by Gasteiger charge is 2.34. The monoisotopic (exact) mass is 395 g/mol. The van der Waals surface area contributed by atoms with Gasteiger partial charge in [0.1, 0.15) is 5.82 Å². The fourth-order valence-electron chi connectivity index (χ4n) is 4.32. The maximum absolute atomic E-state index is 13.3. The summed E-state index contributed by atoms with van der Waals surface area (Å²) in [5, 5.41) is 4.53. The van der Waals surface area contributed by atoms with Crippen LogP contribution in [0.4, 0.5) is 0 Å². The van der Waals surface area contributed by atoms with Crippen LogP contribution in [0.5, 0.6) is 0 Å². The van der Waals surface area contributed by atoms with Gasteiger partial charge in [0.25, 0.3) is 5.91 Å². The second-order valence-electron chi connectivity index (χ2n) is 7.57. The van der Waals surface area contributed by atoms with E-state index in [1.807, 2.05) is 56.7 Å². The third kappa shape index (κ3) is 2.49. The average Bonchev–Trinajstić information content (AvgIpc) is 3.33. The number of para-hydroxylation sites is 1. The SMILES string of the molecule is C#Cc1cccc2c1-n1c(nc3ccc(-c4ccn(C)n4)cc31)C(CC)N(C)C2=O. The highest BCUT2D eigenvalue weighted by molar-refractivity contribution is 6.01. The van der Waals surface area contributed by atoms with Gasteiger partial charge in [-0.25, -0.2) is 4.98 Å². The molecule has 1 aliphatic rings. The second-order valence-corrected chi connectivity index (χ2v) is 7.57. The van der Waals surface area contributed by atoms with Crippen molar-refractivity contribution in [3.63, 3.8) is 0 Å². The molecule has 0 aliphatic carbocycles. The molecule has 1 unspecified atom stereocenters. The Morgan fingerprint density at radius 3 is 2.70 bits per heavy atom. The predicted octanol–water partition coefficient (Wildman–Crippen LogP) is 3.94. The Morgan fingerprint density at radius 1 is 1.17 bits per heavy atom. The van der Waals surface area contributed by atoms with Crippen LogP contribution in [0.15, 0.2) is 48.7 Å². The first-order valence-electron chi connectivity index (χ1n) is 9.93. The van der Waals surface area contributed by atoms with Crippen molar-refractivity contribution in [2.45, 2.75) is 19.4 Å². The molecule has 0 saturated carbocycles. The number of nitrogens with zero attached hydrogens (tertiary/aromatic N) is 5. The van der Waals surface area contributed by atoms with Gasteiger partial charge in [0, 0.05) is 31.4 Å². The first-order valence-corrected chi connectivity index (χ1v) is 9.93. The number of aromatic nitrogens is 4. The maximum Gasteiger partial charge on any atom is 0.256 e. The Bertz CT molecular complexity index is 1350. The molecule has 4 aromatic rings. The smallest absolute Gasteiger partial charge is 0.256 e. The summed E-state index contributed by atoms with van der Waals surface area (Å²) in [6.07, 6.45) is 8.51. The van der Waals surface area contributed by atoms with Crippen LogP contribution in [0, 0.1) is 12.3 Å². The van der Waals surface area contributed by atoms with Gasteiger partial charge < -0.3 is 4.90 Å². The van der Waals surface area contributed by atoms with Crippen molar-refractivity contribution in [2.75, 3.05) is 7.05 Å². The summed E-state index contributed by atoms with van der Waals surface area (Å²) in [5.74, 6) is 3.54. The summed E-state index contributed by atoms with van der Waals surface area (Å²) in [5.41, 5.74) is 5.64. The van der Waals surface area contributed by atoms with E-state index in [9.17, 15) is 4.79 Å². The van der Waals surface area contributed by atoms with Crippen LogP contribution in [-0.2, 0) is 7.05 Å². The molecule has 3 heterocycles. The van der Waals surface area contributed by atoms with Gasteiger partial charge in [-0.05, 0) is 36.8 Å². The molecule has 0 saturated heterocycles. The minimum Gasteiger partial charge on any atom is -0.331 e. The van der Waals surface area contributed by atoms with Gasteiger partial charge in [-0.2, -0.15) is 5.10 Å². The fraction of sp³-hybridized carbons (Fsp3) is 0.208. The van der Waals surface area contributed by atoms with E-state index in [1.54, 1.807) is 9.58 Å². The van der Waals surface area contributed by atoms with E-state index in [0.29, 0.717) is 11.1 Å². The molecule has 5 rings (SSSR count). The number of carbonyl (C=O) groups is 1. The Kier molecular flexibility index (Phi) is 4.00. The first kappa shape index (κ1) is 18.2. The number of amides is 1. The molecule has 0 fully saturated rings. The predicted molar refractivity (Wildman–Crippen MR) is 116 cm³/mol. The van der Waals surface area contributed by atoms with Crippen LogP contribution in [0.2, 0.25) is 0 Å². The van der Waals surface area contributed by atoms with E-state index >= 15 is 0 Å². The van der Waals surface area contributed by atoms with Gasteiger partial charge in [-0.15, -0.1) is 6.42 Å². The number of terminal acetylenes is 1. The minimum absolute atomic E-state index is 0.0477. The quantitative estimate of drug-likeness (QED) is 0.483. The summed E-state index contributed by atoms with van der Waals surface area (Å²) >= 11 is 0. The van der Waals surface area contributed by atoms with Crippen molar-refractivity contribution < 1.29 is 4.79 Å². The lowest BCUT2D eigenvalue weighted by Crippen LogP contribution is -2.30. The number of hydrogen-bond donors (Lipinski definition) is 0. The van der Waals surface area contributed by atoms with Crippen LogP contribution >= 0.6 is 0 Å². The van der Waals surface area contributed by atoms with Crippen molar-refractivity contribution in [2.24, 2.45) is 7.05 Å². The standard InChI is InChI=1S/C24H21N5O/c1-5-15-8-7-9-17-22(15)29-21-14-16(18-12-13-27(3)26-18)10-11-19(21)25-23(29)20(6-2)28(4)24(17)30/h1,7-14,20H,6H2,2-4H3. The molecule has 6 nitrogen and oxygen atoms in total. The number of carbonyl (C=O) groups excluding carboxylic acids is 1. The highest BCUT2D eigenvalue weighted by Crippen LogP contribution is 2.37. The molecular weight excluding hydrogens is 374 g/mol. The summed E-state index contributed by atoms with van der Waals surface area (Å²) in [7, 11) is 3.73. The molecule has 0 bridgehead atoms. The van der Waals surface area contributed by atoms with Crippen LogP contribution in [0.1, 0.15) is 41.1 Å². The molecule has 0 radical (unpaired) electrons. The van der Waals surface area contributed by atoms with E-state index < -0.39 is 0 Å². The Hall–Kier alpha value is -3.85. The number of rotatable bonds is 2.